The number of fused-ring (bicyclic) bond motifs is 5. The number of halogens is 1. The maximum atomic E-state index is 13.3. The molecule has 2 atom stereocenters. The Morgan fingerprint density at radius 1 is 1.25 bits per heavy atom. The molecule has 0 saturated carbocycles. The van der Waals surface area contributed by atoms with Crippen LogP contribution in [0.3, 0.4) is 0 Å². The van der Waals surface area contributed by atoms with Crippen LogP contribution in [0.4, 0.5) is 4.39 Å². The van der Waals surface area contributed by atoms with Crippen LogP contribution < -0.4 is 0 Å². The minimum Gasteiger partial charge on any atom is -0.383 e. The molecular weight excluding hydrogens is 359 g/mol. The Kier molecular flexibility index (Phi) is 4.13. The van der Waals surface area contributed by atoms with E-state index in [2.05, 4.69) is 29.4 Å². The molecule has 0 aliphatic carbocycles. The van der Waals surface area contributed by atoms with Crippen molar-refractivity contribution in [2.75, 3.05) is 13.1 Å². The predicted molar refractivity (Wildman–Crippen MR) is 101 cm³/mol. The second kappa shape index (κ2) is 6.56. The smallest absolute Gasteiger partial charge is 0.159 e. The maximum absolute atomic E-state index is 13.3. The summed E-state index contributed by atoms with van der Waals surface area (Å²) in [5.74, 6) is 0. The first-order chi connectivity index (χ1) is 13.6. The lowest BCUT2D eigenvalue weighted by Crippen LogP contribution is -2.33. The molecule has 28 heavy (non-hydrogen) atoms. The van der Waals surface area contributed by atoms with Crippen molar-refractivity contribution in [1.82, 2.24) is 29.4 Å². The molecule has 1 N–H and O–H groups in total. The molecule has 2 aliphatic rings. The fourth-order valence-electron chi connectivity index (χ4n) is 4.71. The zero-order valence-corrected chi connectivity index (χ0v) is 15.8. The summed E-state index contributed by atoms with van der Waals surface area (Å²) in [4.78, 5) is 19.7. The van der Waals surface area contributed by atoms with Crippen molar-refractivity contribution in [3.8, 4) is 0 Å². The topological polar surface area (TPSA) is 80.0 Å². The van der Waals surface area contributed by atoms with Gasteiger partial charge in [-0.05, 0) is 26.3 Å². The number of aromatic nitrogens is 5. The van der Waals surface area contributed by atoms with Gasteiger partial charge in [0.1, 0.15) is 24.1 Å². The molecule has 5 rings (SSSR count). The summed E-state index contributed by atoms with van der Waals surface area (Å²) < 4.78 is 15.4. The van der Waals surface area contributed by atoms with Crippen LogP contribution in [-0.4, -0.2) is 47.6 Å². The lowest BCUT2D eigenvalue weighted by Gasteiger charge is -2.32. The van der Waals surface area contributed by atoms with Gasteiger partial charge in [0, 0.05) is 48.2 Å². The second-order valence-corrected chi connectivity index (χ2v) is 7.96. The first-order valence-corrected chi connectivity index (χ1v) is 9.73. The zero-order valence-electron chi connectivity index (χ0n) is 15.8. The van der Waals surface area contributed by atoms with Crippen LogP contribution in [0.25, 0.3) is 11.2 Å². The molecule has 3 aromatic heterocycles. The molecule has 7 nitrogen and oxygen atoms in total. The van der Waals surface area contributed by atoms with Crippen molar-refractivity contribution in [2.45, 2.75) is 51.0 Å². The fourth-order valence-corrected chi connectivity index (χ4v) is 4.71. The van der Waals surface area contributed by atoms with Crippen LogP contribution >= 0.6 is 0 Å². The highest BCUT2D eigenvalue weighted by Crippen LogP contribution is 2.42. The number of hydrogen-bond acceptors (Lipinski definition) is 6. The van der Waals surface area contributed by atoms with E-state index in [1.54, 1.807) is 19.3 Å². The highest BCUT2D eigenvalue weighted by atomic mass is 19.1. The molecule has 0 amide bonds. The van der Waals surface area contributed by atoms with E-state index >= 15 is 0 Å². The van der Waals surface area contributed by atoms with Crippen molar-refractivity contribution in [1.29, 1.82) is 0 Å². The highest BCUT2D eigenvalue weighted by molar-refractivity contribution is 5.79. The molecule has 1 fully saturated rings. The Morgan fingerprint density at radius 3 is 2.86 bits per heavy atom. The average molecular weight is 382 g/mol. The number of rotatable bonds is 4. The summed E-state index contributed by atoms with van der Waals surface area (Å²) in [6.07, 6.45) is 9.33. The van der Waals surface area contributed by atoms with Gasteiger partial charge >= 0.3 is 0 Å². The molecule has 146 valence electrons. The lowest BCUT2D eigenvalue weighted by molar-refractivity contribution is 0.0375. The van der Waals surface area contributed by atoms with Crippen LogP contribution in [-0.2, 0) is 25.2 Å². The first kappa shape index (κ1) is 17.6. The number of hydrogen-bond donors (Lipinski definition) is 1. The minimum absolute atomic E-state index is 0.307. The van der Waals surface area contributed by atoms with Crippen LogP contribution in [0.5, 0.6) is 0 Å². The summed E-state index contributed by atoms with van der Waals surface area (Å²) in [5.41, 5.74) is 3.67. The third-order valence-electron chi connectivity index (χ3n) is 6.07. The van der Waals surface area contributed by atoms with E-state index in [1.165, 1.54) is 18.1 Å². The molecule has 2 aliphatic heterocycles. The predicted octanol–water partition coefficient (Wildman–Crippen LogP) is 2.29. The van der Waals surface area contributed by atoms with Gasteiger partial charge in [0.15, 0.2) is 5.65 Å². The van der Waals surface area contributed by atoms with Crippen LogP contribution in [0, 0.1) is 0 Å². The van der Waals surface area contributed by atoms with Crippen molar-refractivity contribution in [3.05, 3.63) is 47.4 Å². The fraction of sp³-hybridized carbons (Fsp3) is 0.500. The summed E-state index contributed by atoms with van der Waals surface area (Å²) in [6.45, 7) is 3.53. The van der Waals surface area contributed by atoms with Gasteiger partial charge in [-0.25, -0.2) is 24.3 Å². The maximum Gasteiger partial charge on any atom is 0.159 e. The Balaban J connectivity index is 1.67. The molecule has 0 bridgehead atoms. The summed E-state index contributed by atoms with van der Waals surface area (Å²) in [5, 5.41) is 11.2. The number of aliphatic hydroxyl groups is 1. The van der Waals surface area contributed by atoms with Crippen molar-refractivity contribution in [2.24, 2.45) is 0 Å². The van der Waals surface area contributed by atoms with Crippen molar-refractivity contribution < 1.29 is 9.50 Å². The second-order valence-electron chi connectivity index (χ2n) is 7.96. The van der Waals surface area contributed by atoms with Crippen molar-refractivity contribution in [3.63, 3.8) is 0 Å². The van der Waals surface area contributed by atoms with Gasteiger partial charge in [0.05, 0.1) is 18.4 Å². The molecule has 3 aromatic rings. The van der Waals surface area contributed by atoms with Gasteiger partial charge in [-0.15, -0.1) is 0 Å². The lowest BCUT2D eigenvalue weighted by atomic mass is 9.96. The third-order valence-corrected chi connectivity index (χ3v) is 6.07. The SMILES string of the molecule is CC(O)(Cn1c2c(c3nc(CF)cnc31)C1CCCN1CC2)c1cncnc1. The monoisotopic (exact) mass is 382 g/mol. The summed E-state index contributed by atoms with van der Waals surface area (Å²) in [7, 11) is 0. The van der Waals surface area contributed by atoms with Crippen LogP contribution in [0.1, 0.15) is 48.3 Å². The van der Waals surface area contributed by atoms with Gasteiger partial charge < -0.3 is 9.67 Å². The van der Waals surface area contributed by atoms with E-state index in [1.807, 2.05) is 0 Å². The Labute approximate surface area is 162 Å². The first-order valence-electron chi connectivity index (χ1n) is 9.73. The third kappa shape index (κ3) is 2.70. The van der Waals surface area contributed by atoms with Gasteiger partial charge in [-0.3, -0.25) is 4.90 Å². The van der Waals surface area contributed by atoms with Crippen LogP contribution in [0.2, 0.25) is 0 Å². The van der Waals surface area contributed by atoms with Crippen LogP contribution in [0.15, 0.2) is 24.9 Å². The number of nitrogens with zero attached hydrogens (tertiary/aromatic N) is 6. The molecule has 8 heteroatoms. The highest BCUT2D eigenvalue weighted by Gasteiger charge is 2.38. The largest absolute Gasteiger partial charge is 0.383 e. The van der Waals surface area contributed by atoms with Gasteiger partial charge in [-0.1, -0.05) is 0 Å². The quantitative estimate of drug-likeness (QED) is 0.746. The van der Waals surface area contributed by atoms with Gasteiger partial charge in [0.25, 0.3) is 0 Å². The molecule has 1 saturated heterocycles. The van der Waals surface area contributed by atoms with E-state index < -0.39 is 12.3 Å². The summed E-state index contributed by atoms with van der Waals surface area (Å²) in [6, 6.07) is 0.307. The van der Waals surface area contributed by atoms with E-state index in [0.717, 1.165) is 43.6 Å². The molecule has 5 heterocycles. The molecular formula is C20H23FN6O. The van der Waals surface area contributed by atoms with Gasteiger partial charge in [0.2, 0.25) is 0 Å². The van der Waals surface area contributed by atoms with Crippen molar-refractivity contribution >= 4 is 11.2 Å². The van der Waals surface area contributed by atoms with E-state index in [0.29, 0.717) is 29.5 Å². The molecule has 0 aromatic carbocycles. The molecule has 0 spiro atoms. The number of alkyl halides is 1. The normalized spacial score (nSPS) is 21.5. The van der Waals surface area contributed by atoms with E-state index in [4.69, 9.17) is 0 Å². The van der Waals surface area contributed by atoms with Gasteiger partial charge in [-0.2, -0.15) is 0 Å². The molecule has 0 radical (unpaired) electrons. The van der Waals surface area contributed by atoms with E-state index in [9.17, 15) is 9.50 Å². The van der Waals surface area contributed by atoms with E-state index in [-0.39, 0.29) is 0 Å². The Morgan fingerprint density at radius 2 is 2.07 bits per heavy atom. The summed E-state index contributed by atoms with van der Waals surface area (Å²) >= 11 is 0. The molecule has 2 unspecified atom stereocenters. The Bertz CT molecular complexity index is 1020. The standard InChI is InChI=1S/C20H23FN6O/c1-20(28,13-8-22-12-23-9-13)11-27-16-4-6-26-5-2-3-15(26)17(16)18-19(27)24-10-14(7-21)25-18/h8-10,12,15,28H,2-7,11H2,1H3. The average Bonchev–Trinajstić information content (AvgIpc) is 3.31. The minimum atomic E-state index is -1.16. The Hall–Kier alpha value is -2.45. The zero-order chi connectivity index (χ0) is 19.3.